The van der Waals surface area contributed by atoms with Crippen LogP contribution in [0.15, 0.2) is 30.3 Å². The van der Waals surface area contributed by atoms with E-state index in [-0.39, 0.29) is 23.8 Å². The highest BCUT2D eigenvalue weighted by Crippen LogP contribution is 2.17. The van der Waals surface area contributed by atoms with Crippen molar-refractivity contribution in [3.8, 4) is 0 Å². The van der Waals surface area contributed by atoms with Crippen LogP contribution in [0.4, 0.5) is 4.39 Å². The van der Waals surface area contributed by atoms with Crippen molar-refractivity contribution in [1.82, 2.24) is 5.32 Å². The smallest absolute Gasteiger partial charge is 0.244 e. The Kier molecular flexibility index (Phi) is 3.54. The molecule has 0 aliphatic heterocycles. The minimum absolute atomic E-state index is 0.133. The summed E-state index contributed by atoms with van der Waals surface area (Å²) >= 11 is 0. The summed E-state index contributed by atoms with van der Waals surface area (Å²) in [6.07, 6.45) is 4.80. The van der Waals surface area contributed by atoms with E-state index in [2.05, 4.69) is 5.32 Å². The maximum atomic E-state index is 12.6. The first-order valence-corrected chi connectivity index (χ1v) is 5.63. The number of amides is 1. The summed E-state index contributed by atoms with van der Waals surface area (Å²) in [5.74, 6) is -0.415. The van der Waals surface area contributed by atoms with Crippen molar-refractivity contribution in [1.29, 1.82) is 0 Å². The first-order valence-electron chi connectivity index (χ1n) is 5.63. The van der Waals surface area contributed by atoms with Crippen LogP contribution in [0, 0.1) is 5.82 Å². The monoisotopic (exact) mass is 234 g/mol. The number of carbonyl (C=O) groups is 1. The van der Waals surface area contributed by atoms with E-state index in [1.54, 1.807) is 18.2 Å². The van der Waals surface area contributed by atoms with Crippen LogP contribution in [0.3, 0.4) is 0 Å². The van der Waals surface area contributed by atoms with E-state index >= 15 is 0 Å². The Morgan fingerprint density at radius 1 is 1.35 bits per heavy atom. The van der Waals surface area contributed by atoms with Crippen molar-refractivity contribution < 1.29 is 9.18 Å². The molecule has 0 unspecified atom stereocenters. The molecule has 3 N–H and O–H groups in total. The number of hydrogen-bond donors (Lipinski definition) is 2. The second-order valence-corrected chi connectivity index (χ2v) is 4.32. The molecule has 3 nitrogen and oxygen atoms in total. The number of rotatable bonds is 3. The average Bonchev–Trinajstić information content (AvgIpc) is 2.26. The van der Waals surface area contributed by atoms with Crippen LogP contribution in [0.2, 0.25) is 0 Å². The minimum Gasteiger partial charge on any atom is -0.350 e. The molecular weight excluding hydrogens is 219 g/mol. The lowest BCUT2D eigenvalue weighted by atomic mass is 9.88. The minimum atomic E-state index is -0.282. The molecule has 0 saturated heterocycles. The molecule has 0 radical (unpaired) electrons. The average molecular weight is 234 g/mol. The Morgan fingerprint density at radius 2 is 2.00 bits per heavy atom. The van der Waals surface area contributed by atoms with Crippen LogP contribution in [-0.2, 0) is 4.79 Å². The quantitative estimate of drug-likeness (QED) is 0.778. The largest absolute Gasteiger partial charge is 0.350 e. The zero-order valence-corrected chi connectivity index (χ0v) is 9.40. The fourth-order valence-electron chi connectivity index (χ4n) is 1.77. The standard InChI is InChI=1S/C13H15FN2O/c14-10-4-1-9(2-5-10)3-6-13(17)16-12-7-11(15)8-12/h1-6,11-12H,7-8,15H2,(H,16,17)/b6-3+. The molecule has 1 saturated carbocycles. The Balaban J connectivity index is 1.83. The zero-order valence-electron chi connectivity index (χ0n) is 9.40. The van der Waals surface area contributed by atoms with Gasteiger partial charge in [0.15, 0.2) is 0 Å². The summed E-state index contributed by atoms with van der Waals surface area (Å²) in [7, 11) is 0. The highest BCUT2D eigenvalue weighted by molar-refractivity contribution is 5.91. The molecule has 1 amide bonds. The van der Waals surface area contributed by atoms with E-state index < -0.39 is 0 Å². The van der Waals surface area contributed by atoms with Crippen LogP contribution >= 0.6 is 0 Å². The number of nitrogens with one attached hydrogen (secondary N) is 1. The Morgan fingerprint density at radius 3 is 2.59 bits per heavy atom. The van der Waals surface area contributed by atoms with Gasteiger partial charge in [0.2, 0.25) is 5.91 Å². The Labute approximate surface area is 99.5 Å². The summed E-state index contributed by atoms with van der Waals surface area (Å²) in [5, 5.41) is 2.85. The van der Waals surface area contributed by atoms with Crippen LogP contribution in [0.5, 0.6) is 0 Å². The molecule has 1 aliphatic carbocycles. The van der Waals surface area contributed by atoms with Crippen molar-refractivity contribution in [2.75, 3.05) is 0 Å². The van der Waals surface area contributed by atoms with Crippen molar-refractivity contribution in [2.24, 2.45) is 5.73 Å². The van der Waals surface area contributed by atoms with Crippen LogP contribution in [0.1, 0.15) is 18.4 Å². The molecular formula is C13H15FN2O. The highest BCUT2D eigenvalue weighted by Gasteiger charge is 2.26. The normalized spacial score (nSPS) is 23.4. The number of hydrogen-bond acceptors (Lipinski definition) is 2. The van der Waals surface area contributed by atoms with E-state index in [1.807, 2.05) is 0 Å². The predicted octanol–water partition coefficient (Wildman–Crippen LogP) is 1.44. The summed E-state index contributed by atoms with van der Waals surface area (Å²) in [6.45, 7) is 0. The zero-order chi connectivity index (χ0) is 12.3. The van der Waals surface area contributed by atoms with Gasteiger partial charge in [0, 0.05) is 18.2 Å². The SMILES string of the molecule is NC1CC(NC(=O)/C=C/c2ccc(F)cc2)C1. The summed E-state index contributed by atoms with van der Waals surface area (Å²) in [6, 6.07) is 6.40. The van der Waals surface area contributed by atoms with Gasteiger partial charge in [-0.2, -0.15) is 0 Å². The molecule has 0 heterocycles. The van der Waals surface area contributed by atoms with Gasteiger partial charge in [-0.3, -0.25) is 4.79 Å². The maximum Gasteiger partial charge on any atom is 0.244 e. The molecule has 2 rings (SSSR count). The second kappa shape index (κ2) is 5.10. The Hall–Kier alpha value is -1.68. The number of carbonyl (C=O) groups excluding carboxylic acids is 1. The predicted molar refractivity (Wildman–Crippen MR) is 64.6 cm³/mol. The fourth-order valence-corrected chi connectivity index (χ4v) is 1.77. The molecule has 0 bridgehead atoms. The van der Waals surface area contributed by atoms with Gasteiger partial charge in [-0.1, -0.05) is 12.1 Å². The first kappa shape index (κ1) is 11.8. The topological polar surface area (TPSA) is 55.1 Å². The van der Waals surface area contributed by atoms with E-state index in [0.29, 0.717) is 0 Å². The van der Waals surface area contributed by atoms with Gasteiger partial charge >= 0.3 is 0 Å². The molecule has 1 aliphatic rings. The van der Waals surface area contributed by atoms with Crippen LogP contribution in [-0.4, -0.2) is 18.0 Å². The van der Waals surface area contributed by atoms with Gasteiger partial charge in [-0.05, 0) is 36.6 Å². The van der Waals surface area contributed by atoms with Crippen LogP contribution in [0.25, 0.3) is 6.08 Å². The lowest BCUT2D eigenvalue weighted by Crippen LogP contribution is -2.49. The molecule has 0 aromatic heterocycles. The molecule has 1 fully saturated rings. The first-order chi connectivity index (χ1) is 8.13. The number of halogens is 1. The van der Waals surface area contributed by atoms with E-state index in [0.717, 1.165) is 18.4 Å². The third kappa shape index (κ3) is 3.39. The van der Waals surface area contributed by atoms with Gasteiger partial charge in [0.25, 0.3) is 0 Å². The van der Waals surface area contributed by atoms with Crippen molar-refractivity contribution in [3.05, 3.63) is 41.7 Å². The van der Waals surface area contributed by atoms with Gasteiger partial charge in [0.1, 0.15) is 5.82 Å². The van der Waals surface area contributed by atoms with E-state index in [1.165, 1.54) is 18.2 Å². The number of benzene rings is 1. The third-order valence-corrected chi connectivity index (χ3v) is 2.82. The number of nitrogens with two attached hydrogens (primary N) is 1. The summed E-state index contributed by atoms with van der Waals surface area (Å²) < 4.78 is 12.6. The van der Waals surface area contributed by atoms with Gasteiger partial charge in [0.05, 0.1) is 0 Å². The van der Waals surface area contributed by atoms with E-state index in [4.69, 9.17) is 5.73 Å². The second-order valence-electron chi connectivity index (χ2n) is 4.32. The molecule has 1 aromatic carbocycles. The lowest BCUT2D eigenvalue weighted by molar-refractivity contribution is -0.117. The van der Waals surface area contributed by atoms with E-state index in [9.17, 15) is 9.18 Å². The molecule has 0 atom stereocenters. The van der Waals surface area contributed by atoms with Gasteiger partial charge in [-0.15, -0.1) is 0 Å². The summed E-state index contributed by atoms with van der Waals surface area (Å²) in [5.41, 5.74) is 6.42. The maximum absolute atomic E-state index is 12.6. The van der Waals surface area contributed by atoms with Gasteiger partial charge in [-0.25, -0.2) is 4.39 Å². The molecule has 17 heavy (non-hydrogen) atoms. The van der Waals surface area contributed by atoms with Crippen LogP contribution < -0.4 is 11.1 Å². The highest BCUT2D eigenvalue weighted by atomic mass is 19.1. The molecule has 4 heteroatoms. The lowest BCUT2D eigenvalue weighted by Gasteiger charge is -2.32. The van der Waals surface area contributed by atoms with Crippen molar-refractivity contribution in [3.63, 3.8) is 0 Å². The van der Waals surface area contributed by atoms with Gasteiger partial charge < -0.3 is 11.1 Å². The third-order valence-electron chi connectivity index (χ3n) is 2.82. The fraction of sp³-hybridized carbons (Fsp3) is 0.308. The van der Waals surface area contributed by atoms with Crippen molar-refractivity contribution in [2.45, 2.75) is 24.9 Å². The molecule has 0 spiro atoms. The summed E-state index contributed by atoms with van der Waals surface area (Å²) in [4.78, 5) is 11.5. The van der Waals surface area contributed by atoms with Crippen molar-refractivity contribution >= 4 is 12.0 Å². The Bertz CT molecular complexity index is 422. The molecule has 90 valence electrons. The molecule has 1 aromatic rings.